The van der Waals surface area contributed by atoms with Gasteiger partial charge in [-0.05, 0) is 73.4 Å². The van der Waals surface area contributed by atoms with Crippen molar-refractivity contribution in [3.05, 3.63) is 99.2 Å². The van der Waals surface area contributed by atoms with Gasteiger partial charge in [0.2, 0.25) is 0 Å². The second kappa shape index (κ2) is 13.6. The third-order valence-corrected chi connectivity index (χ3v) is 11.2. The maximum Gasteiger partial charge on any atom is 0.128 e. The Bertz CT molecular complexity index is 1860. The van der Waals surface area contributed by atoms with Crippen LogP contribution < -0.4 is 10.1 Å². The average Bonchev–Trinajstić information content (AvgIpc) is 3.47. The number of fused-ring (bicyclic) bond motifs is 6. The van der Waals surface area contributed by atoms with Crippen molar-refractivity contribution < 1.29 is 4.74 Å². The predicted octanol–water partition coefficient (Wildman–Crippen LogP) is 8.28. The van der Waals surface area contributed by atoms with Gasteiger partial charge in [0, 0.05) is 87.6 Å². The van der Waals surface area contributed by atoms with Gasteiger partial charge in [0.25, 0.3) is 0 Å². The van der Waals surface area contributed by atoms with Gasteiger partial charge in [-0.1, -0.05) is 42.4 Å². The molecule has 0 spiro atoms. The summed E-state index contributed by atoms with van der Waals surface area (Å²) < 4.78 is 10.8. The molecule has 3 heterocycles. The van der Waals surface area contributed by atoms with Gasteiger partial charge in [0.1, 0.15) is 5.75 Å². The molecule has 6 bridgehead atoms. The molecule has 4 aromatic rings. The molecule has 0 saturated carbocycles. The van der Waals surface area contributed by atoms with Crippen molar-refractivity contribution in [2.24, 2.45) is 14.1 Å². The van der Waals surface area contributed by atoms with Gasteiger partial charge < -0.3 is 20.0 Å². The third-order valence-electron chi connectivity index (χ3n) is 8.79. The zero-order valence-corrected chi connectivity index (χ0v) is 28.8. The molecular weight excluding hydrogens is 618 g/mol. The summed E-state index contributed by atoms with van der Waals surface area (Å²) in [5.74, 6) is 2.94. The van der Waals surface area contributed by atoms with Gasteiger partial charge in [-0.25, -0.2) is 0 Å². The summed E-state index contributed by atoms with van der Waals surface area (Å²) in [5.41, 5.74) is 10.9. The highest BCUT2D eigenvalue weighted by molar-refractivity contribution is 7.99. The van der Waals surface area contributed by atoms with Crippen LogP contribution in [-0.2, 0) is 32.7 Å². The fraction of sp³-hybridized carbons (Fsp3) is 0.333. The Labute approximate surface area is 279 Å². The Kier molecular flexibility index (Phi) is 9.54. The molecule has 0 radical (unpaired) electrons. The fourth-order valence-electron chi connectivity index (χ4n) is 6.53. The molecular formula is C36H40ClN5OS2. The normalized spacial score (nSPS) is 17.6. The van der Waals surface area contributed by atoms with Crippen LogP contribution in [0.2, 0.25) is 0 Å². The SMILES string of the molecule is C=Cc1c2c3c(n1C)C(=C(Cl)CC3)c1c(nn(C)c1C)CSCC(=N)/C=C(\NC)CSc1cc(c3ccccc3c1)OCCC2. The second-order valence-electron chi connectivity index (χ2n) is 11.6. The lowest BCUT2D eigenvalue weighted by Crippen LogP contribution is -2.11. The number of hydrogen-bond acceptors (Lipinski definition) is 6. The second-order valence-corrected chi connectivity index (χ2v) is 14.1. The average molecular weight is 658 g/mol. The quantitative estimate of drug-likeness (QED) is 0.227. The van der Waals surface area contributed by atoms with Crippen LogP contribution in [0.5, 0.6) is 5.75 Å². The summed E-state index contributed by atoms with van der Waals surface area (Å²) >= 11 is 10.6. The van der Waals surface area contributed by atoms with Crippen molar-refractivity contribution in [3.8, 4) is 5.75 Å². The number of ether oxygens (including phenoxy) is 1. The van der Waals surface area contributed by atoms with Gasteiger partial charge in [0.05, 0.1) is 18.0 Å². The minimum absolute atomic E-state index is 0.576. The maximum atomic E-state index is 8.74. The third kappa shape index (κ3) is 6.25. The molecule has 2 aliphatic rings. The topological polar surface area (TPSA) is 67.9 Å². The van der Waals surface area contributed by atoms with Crippen LogP contribution in [0.15, 0.2) is 64.7 Å². The van der Waals surface area contributed by atoms with E-state index in [0.717, 1.165) is 86.4 Å². The summed E-state index contributed by atoms with van der Waals surface area (Å²) in [6.45, 7) is 6.95. The van der Waals surface area contributed by atoms with Crippen molar-refractivity contribution in [1.29, 1.82) is 5.41 Å². The minimum Gasteiger partial charge on any atom is -0.493 e. The molecule has 0 amide bonds. The van der Waals surface area contributed by atoms with E-state index in [2.05, 4.69) is 66.8 Å². The molecule has 234 valence electrons. The van der Waals surface area contributed by atoms with Crippen LogP contribution in [0.3, 0.4) is 0 Å². The molecule has 0 unspecified atom stereocenters. The smallest absolute Gasteiger partial charge is 0.128 e. The van der Waals surface area contributed by atoms with E-state index < -0.39 is 0 Å². The fourth-order valence-corrected chi connectivity index (χ4v) is 8.56. The first-order valence-electron chi connectivity index (χ1n) is 15.4. The van der Waals surface area contributed by atoms with E-state index in [0.29, 0.717) is 23.8 Å². The number of nitrogens with one attached hydrogen (secondary N) is 2. The van der Waals surface area contributed by atoms with E-state index in [1.165, 1.54) is 22.2 Å². The highest BCUT2D eigenvalue weighted by atomic mass is 35.5. The van der Waals surface area contributed by atoms with Crippen LogP contribution in [0.1, 0.15) is 52.3 Å². The molecule has 2 N–H and O–H groups in total. The first kappa shape index (κ1) is 31.6. The Morgan fingerprint density at radius 1 is 1.09 bits per heavy atom. The van der Waals surface area contributed by atoms with E-state index >= 15 is 0 Å². The number of nitrogens with zero attached hydrogens (tertiary/aromatic N) is 3. The lowest BCUT2D eigenvalue weighted by Gasteiger charge is -2.21. The number of benzene rings is 2. The summed E-state index contributed by atoms with van der Waals surface area (Å²) in [5, 5.41) is 20.2. The van der Waals surface area contributed by atoms with Gasteiger partial charge in [-0.2, -0.15) is 5.10 Å². The van der Waals surface area contributed by atoms with Crippen LogP contribution in [0.4, 0.5) is 0 Å². The maximum absolute atomic E-state index is 8.74. The van der Waals surface area contributed by atoms with Gasteiger partial charge in [0.15, 0.2) is 0 Å². The van der Waals surface area contributed by atoms with Crippen LogP contribution in [-0.4, -0.2) is 45.2 Å². The van der Waals surface area contributed by atoms with Crippen molar-refractivity contribution in [2.45, 2.75) is 43.3 Å². The first-order valence-corrected chi connectivity index (χ1v) is 17.9. The van der Waals surface area contributed by atoms with Gasteiger partial charge >= 0.3 is 0 Å². The van der Waals surface area contributed by atoms with E-state index in [-0.39, 0.29) is 0 Å². The molecule has 0 saturated heterocycles. The number of rotatable bonds is 2. The molecule has 6 rings (SSSR count). The van der Waals surface area contributed by atoms with E-state index in [1.807, 2.05) is 30.9 Å². The Hall–Kier alpha value is -3.33. The molecule has 45 heavy (non-hydrogen) atoms. The largest absolute Gasteiger partial charge is 0.493 e. The van der Waals surface area contributed by atoms with Gasteiger partial charge in [-0.15, -0.1) is 23.5 Å². The van der Waals surface area contributed by atoms with Crippen molar-refractivity contribution in [2.75, 3.05) is 25.2 Å². The number of aromatic nitrogens is 3. The predicted molar refractivity (Wildman–Crippen MR) is 193 cm³/mol. The van der Waals surface area contributed by atoms with E-state index in [9.17, 15) is 0 Å². The number of hydrogen-bond donors (Lipinski definition) is 2. The number of aryl methyl sites for hydroxylation is 1. The Balaban J connectivity index is 1.43. The zero-order valence-electron chi connectivity index (χ0n) is 26.4. The van der Waals surface area contributed by atoms with Crippen molar-refractivity contribution in [1.82, 2.24) is 19.7 Å². The van der Waals surface area contributed by atoms with Crippen LogP contribution >= 0.6 is 35.1 Å². The zero-order chi connectivity index (χ0) is 31.7. The van der Waals surface area contributed by atoms with Crippen molar-refractivity contribution in [3.63, 3.8) is 0 Å². The van der Waals surface area contributed by atoms with Crippen LogP contribution in [0.25, 0.3) is 22.4 Å². The number of thioether (sulfide) groups is 2. The molecule has 0 fully saturated rings. The number of allylic oxidation sites excluding steroid dienone is 2. The molecule has 2 aromatic heterocycles. The summed E-state index contributed by atoms with van der Waals surface area (Å²) in [6.07, 6.45) is 7.43. The van der Waals surface area contributed by atoms with E-state index in [1.54, 1.807) is 23.5 Å². The summed E-state index contributed by atoms with van der Waals surface area (Å²) in [7, 11) is 6.06. The molecule has 9 heteroatoms. The molecule has 0 atom stereocenters. The molecule has 2 aromatic carbocycles. The number of halogens is 1. The lowest BCUT2D eigenvalue weighted by atomic mass is 9.88. The molecule has 1 aliphatic heterocycles. The Morgan fingerprint density at radius 3 is 2.71 bits per heavy atom. The lowest BCUT2D eigenvalue weighted by molar-refractivity contribution is 0.314. The van der Waals surface area contributed by atoms with Crippen molar-refractivity contribution >= 4 is 63.3 Å². The van der Waals surface area contributed by atoms with E-state index in [4.69, 9.17) is 26.8 Å². The summed E-state index contributed by atoms with van der Waals surface area (Å²) in [6, 6.07) is 12.8. The molecule has 6 nitrogen and oxygen atoms in total. The minimum atomic E-state index is 0.576. The molecule has 1 aliphatic carbocycles. The highest BCUT2D eigenvalue weighted by Gasteiger charge is 2.31. The Morgan fingerprint density at radius 2 is 1.91 bits per heavy atom. The monoisotopic (exact) mass is 657 g/mol. The highest BCUT2D eigenvalue weighted by Crippen LogP contribution is 2.44. The van der Waals surface area contributed by atoms with Crippen LogP contribution in [0, 0.1) is 12.3 Å². The van der Waals surface area contributed by atoms with Gasteiger partial charge in [-0.3, -0.25) is 4.68 Å². The summed E-state index contributed by atoms with van der Waals surface area (Å²) in [4.78, 5) is 1.15. The standard InChI is InChI=1S/C36H40ClN5OS2/c1-6-32-28-12-9-15-43-33-18-26(16-23-10-7-8-11-27(23)33)45-20-25(39-3)17-24(38)19-44-21-31-34(22(2)42(5)40-31)35-30(37)14-13-29(28)36(35)41(32)4/h6-8,10-11,16-18,38-39H,1,9,12-15,19-21H2,2-5H3/b25-17-,38-24?. The first-order chi connectivity index (χ1) is 21.8.